The summed E-state index contributed by atoms with van der Waals surface area (Å²) in [6.07, 6.45) is 3.13. The van der Waals surface area contributed by atoms with Crippen LogP contribution >= 0.6 is 0 Å². The van der Waals surface area contributed by atoms with Gasteiger partial charge in [0.15, 0.2) is 5.78 Å². The average Bonchev–Trinajstić information content (AvgIpc) is 2.90. The van der Waals surface area contributed by atoms with E-state index < -0.39 is 5.97 Å². The molecule has 1 aliphatic carbocycles. The summed E-state index contributed by atoms with van der Waals surface area (Å²) in [4.78, 5) is 23.7. The van der Waals surface area contributed by atoms with E-state index in [1.807, 2.05) is 0 Å². The molecule has 0 heterocycles. The largest absolute Gasteiger partial charge is 0.497 e. The molecule has 2 aromatic carbocycles. The molecule has 0 radical (unpaired) electrons. The molecular formula is C17H12O4. The van der Waals surface area contributed by atoms with E-state index >= 15 is 0 Å². The van der Waals surface area contributed by atoms with Crippen molar-refractivity contribution in [2.24, 2.45) is 0 Å². The van der Waals surface area contributed by atoms with Crippen molar-refractivity contribution in [2.45, 2.75) is 0 Å². The van der Waals surface area contributed by atoms with Crippen molar-refractivity contribution in [3.05, 3.63) is 65.2 Å². The van der Waals surface area contributed by atoms with Gasteiger partial charge in [-0.25, -0.2) is 4.79 Å². The van der Waals surface area contributed by atoms with Gasteiger partial charge in [0.25, 0.3) is 0 Å². The minimum absolute atomic E-state index is 0.0765. The third kappa shape index (κ3) is 2.43. The Bertz CT molecular complexity index is 742. The Morgan fingerprint density at radius 2 is 1.76 bits per heavy atom. The first kappa shape index (κ1) is 13.1. The van der Waals surface area contributed by atoms with Crippen LogP contribution in [0.15, 0.2) is 48.5 Å². The molecule has 1 aliphatic rings. The zero-order valence-corrected chi connectivity index (χ0v) is 11.3. The van der Waals surface area contributed by atoms with E-state index in [4.69, 9.17) is 9.47 Å². The maximum atomic E-state index is 12.1. The molecular weight excluding hydrogens is 268 g/mol. The van der Waals surface area contributed by atoms with Crippen LogP contribution in [0.5, 0.6) is 11.5 Å². The van der Waals surface area contributed by atoms with Gasteiger partial charge in [-0.05, 0) is 42.5 Å². The van der Waals surface area contributed by atoms with Crippen molar-refractivity contribution in [2.75, 3.05) is 7.11 Å². The SMILES string of the molecule is COc1ccc(C(=O)Oc2cccc3c2C=CC3=O)cc1. The van der Waals surface area contributed by atoms with Gasteiger partial charge in [0, 0.05) is 11.1 Å². The van der Waals surface area contributed by atoms with Crippen molar-refractivity contribution in [3.8, 4) is 11.5 Å². The molecule has 4 nitrogen and oxygen atoms in total. The molecule has 0 saturated heterocycles. The lowest BCUT2D eigenvalue weighted by atomic mass is 10.1. The summed E-state index contributed by atoms with van der Waals surface area (Å²) in [5.41, 5.74) is 1.61. The number of methoxy groups -OCH3 is 1. The molecule has 0 bridgehead atoms. The van der Waals surface area contributed by atoms with Gasteiger partial charge >= 0.3 is 5.97 Å². The summed E-state index contributed by atoms with van der Waals surface area (Å²) in [6.45, 7) is 0. The van der Waals surface area contributed by atoms with E-state index in [1.54, 1.807) is 55.7 Å². The molecule has 0 saturated carbocycles. The first-order chi connectivity index (χ1) is 10.2. The van der Waals surface area contributed by atoms with Gasteiger partial charge in [-0.15, -0.1) is 0 Å². The van der Waals surface area contributed by atoms with Gasteiger partial charge in [-0.2, -0.15) is 0 Å². The molecule has 2 aromatic rings. The van der Waals surface area contributed by atoms with E-state index in [0.717, 1.165) is 0 Å². The van der Waals surface area contributed by atoms with E-state index in [-0.39, 0.29) is 5.78 Å². The van der Waals surface area contributed by atoms with Crippen LogP contribution in [-0.2, 0) is 0 Å². The minimum atomic E-state index is -0.473. The summed E-state index contributed by atoms with van der Waals surface area (Å²) in [7, 11) is 1.56. The van der Waals surface area contributed by atoms with Crippen LogP contribution in [0.4, 0.5) is 0 Å². The highest BCUT2D eigenvalue weighted by Crippen LogP contribution is 2.29. The zero-order valence-electron chi connectivity index (χ0n) is 11.3. The number of carbonyl (C=O) groups is 2. The Labute approximate surface area is 121 Å². The molecule has 0 amide bonds. The molecule has 3 rings (SSSR count). The molecule has 0 fully saturated rings. The number of esters is 1. The number of carbonyl (C=O) groups excluding carboxylic acids is 2. The third-order valence-corrected chi connectivity index (χ3v) is 3.26. The van der Waals surface area contributed by atoms with E-state index in [1.165, 1.54) is 6.08 Å². The normalized spacial score (nSPS) is 12.1. The fourth-order valence-electron chi connectivity index (χ4n) is 2.15. The number of hydrogen-bond acceptors (Lipinski definition) is 4. The first-order valence-electron chi connectivity index (χ1n) is 6.40. The summed E-state index contributed by atoms with van der Waals surface area (Å²) < 4.78 is 10.4. The van der Waals surface area contributed by atoms with Crippen LogP contribution < -0.4 is 9.47 Å². The molecule has 104 valence electrons. The predicted molar refractivity (Wildman–Crippen MR) is 77.8 cm³/mol. The zero-order chi connectivity index (χ0) is 14.8. The maximum Gasteiger partial charge on any atom is 0.343 e. The Balaban J connectivity index is 1.85. The molecule has 0 atom stereocenters. The molecule has 0 unspecified atom stereocenters. The summed E-state index contributed by atoms with van der Waals surface area (Å²) in [6, 6.07) is 11.7. The van der Waals surface area contributed by atoms with Crippen molar-refractivity contribution in [1.29, 1.82) is 0 Å². The number of hydrogen-bond donors (Lipinski definition) is 0. The van der Waals surface area contributed by atoms with E-state index in [0.29, 0.717) is 28.2 Å². The van der Waals surface area contributed by atoms with E-state index in [2.05, 4.69) is 0 Å². The van der Waals surface area contributed by atoms with Gasteiger partial charge in [-0.3, -0.25) is 4.79 Å². The number of ketones is 1. The van der Waals surface area contributed by atoms with Crippen LogP contribution in [0.1, 0.15) is 26.3 Å². The summed E-state index contributed by atoms with van der Waals surface area (Å²) >= 11 is 0. The number of benzene rings is 2. The smallest absolute Gasteiger partial charge is 0.343 e. The molecule has 4 heteroatoms. The lowest BCUT2D eigenvalue weighted by molar-refractivity contribution is 0.0733. The lowest BCUT2D eigenvalue weighted by Crippen LogP contribution is -2.09. The number of fused-ring (bicyclic) bond motifs is 1. The predicted octanol–water partition coefficient (Wildman–Crippen LogP) is 3.12. The standard InChI is InChI=1S/C17H12O4/c1-20-12-7-5-11(6-8-12)17(19)21-16-4-2-3-13-14(16)9-10-15(13)18/h2-10H,1H3. The van der Waals surface area contributed by atoms with Crippen molar-refractivity contribution >= 4 is 17.8 Å². The van der Waals surface area contributed by atoms with Crippen LogP contribution in [0.25, 0.3) is 6.08 Å². The van der Waals surface area contributed by atoms with Crippen LogP contribution in [0.3, 0.4) is 0 Å². The van der Waals surface area contributed by atoms with Gasteiger partial charge in [-0.1, -0.05) is 12.1 Å². The highest BCUT2D eigenvalue weighted by atomic mass is 16.5. The third-order valence-electron chi connectivity index (χ3n) is 3.26. The molecule has 0 aromatic heterocycles. The highest BCUT2D eigenvalue weighted by molar-refractivity contribution is 6.14. The fraction of sp³-hybridized carbons (Fsp3) is 0.0588. The number of rotatable bonds is 3. The first-order valence-corrected chi connectivity index (χ1v) is 6.40. The summed E-state index contributed by atoms with van der Waals surface area (Å²) in [5, 5.41) is 0. The topological polar surface area (TPSA) is 52.6 Å². The second-order valence-electron chi connectivity index (χ2n) is 4.53. The lowest BCUT2D eigenvalue weighted by Gasteiger charge is -2.08. The van der Waals surface area contributed by atoms with Crippen molar-refractivity contribution in [1.82, 2.24) is 0 Å². The minimum Gasteiger partial charge on any atom is -0.497 e. The van der Waals surface area contributed by atoms with E-state index in [9.17, 15) is 9.59 Å². The Morgan fingerprint density at radius 1 is 1.00 bits per heavy atom. The van der Waals surface area contributed by atoms with Gasteiger partial charge < -0.3 is 9.47 Å². The Kier molecular flexibility index (Phi) is 3.28. The average molecular weight is 280 g/mol. The summed E-state index contributed by atoms with van der Waals surface area (Å²) in [5.74, 6) is 0.502. The molecule has 21 heavy (non-hydrogen) atoms. The van der Waals surface area contributed by atoms with Gasteiger partial charge in [0.2, 0.25) is 0 Å². The Morgan fingerprint density at radius 3 is 2.48 bits per heavy atom. The second-order valence-corrected chi connectivity index (χ2v) is 4.53. The van der Waals surface area contributed by atoms with Crippen LogP contribution in [0.2, 0.25) is 0 Å². The highest BCUT2D eigenvalue weighted by Gasteiger charge is 2.19. The molecule has 0 spiro atoms. The Hall–Kier alpha value is -2.88. The van der Waals surface area contributed by atoms with Gasteiger partial charge in [0.05, 0.1) is 12.7 Å². The van der Waals surface area contributed by atoms with Crippen LogP contribution in [0, 0.1) is 0 Å². The van der Waals surface area contributed by atoms with Crippen molar-refractivity contribution in [3.63, 3.8) is 0 Å². The van der Waals surface area contributed by atoms with Crippen LogP contribution in [-0.4, -0.2) is 18.9 Å². The quantitative estimate of drug-likeness (QED) is 0.640. The maximum absolute atomic E-state index is 12.1. The van der Waals surface area contributed by atoms with Gasteiger partial charge in [0.1, 0.15) is 11.5 Å². The monoisotopic (exact) mass is 280 g/mol. The molecule has 0 N–H and O–H groups in total. The van der Waals surface area contributed by atoms with Crippen molar-refractivity contribution < 1.29 is 19.1 Å². The fourth-order valence-corrected chi connectivity index (χ4v) is 2.15. The molecule has 0 aliphatic heterocycles. The second kappa shape index (κ2) is 5.25. The number of ether oxygens (including phenoxy) is 2. The number of allylic oxidation sites excluding steroid dienone is 1.